The maximum absolute atomic E-state index is 13.6. The zero-order chi connectivity index (χ0) is 21.9. The van der Waals surface area contributed by atoms with E-state index in [4.69, 9.17) is 9.47 Å². The topological polar surface area (TPSA) is 62.3 Å². The Morgan fingerprint density at radius 2 is 1.69 bits per heavy atom. The van der Waals surface area contributed by atoms with E-state index in [2.05, 4.69) is 4.90 Å². The first kappa shape index (κ1) is 21.0. The van der Waals surface area contributed by atoms with Crippen LogP contribution in [0.2, 0.25) is 0 Å². The van der Waals surface area contributed by atoms with Gasteiger partial charge in [0.25, 0.3) is 5.91 Å². The molecule has 32 heavy (non-hydrogen) atoms. The maximum atomic E-state index is 13.6. The number of piperazine rings is 1. The molecule has 7 nitrogen and oxygen atoms in total. The molecule has 168 valence electrons. The van der Waals surface area contributed by atoms with Gasteiger partial charge in [0.1, 0.15) is 18.5 Å². The third-order valence-electron chi connectivity index (χ3n) is 6.53. The summed E-state index contributed by atoms with van der Waals surface area (Å²) in [6.45, 7) is 4.06. The highest BCUT2D eigenvalue weighted by Gasteiger charge is 2.35. The molecule has 2 fully saturated rings. The Labute approximate surface area is 188 Å². The zero-order valence-electron chi connectivity index (χ0n) is 18.2. The number of carbonyl (C=O) groups is 2. The lowest BCUT2D eigenvalue weighted by Gasteiger charge is -2.40. The van der Waals surface area contributed by atoms with Crippen LogP contribution in [0.1, 0.15) is 24.4 Å². The lowest BCUT2D eigenvalue weighted by molar-refractivity contribution is -0.142. The van der Waals surface area contributed by atoms with Crippen LogP contribution in [0, 0.1) is 0 Å². The van der Waals surface area contributed by atoms with Crippen molar-refractivity contribution < 1.29 is 19.1 Å². The zero-order valence-corrected chi connectivity index (χ0v) is 18.2. The second-order valence-electron chi connectivity index (χ2n) is 8.57. The van der Waals surface area contributed by atoms with Gasteiger partial charge in [-0.05, 0) is 30.5 Å². The van der Waals surface area contributed by atoms with E-state index in [0.717, 1.165) is 29.8 Å². The van der Waals surface area contributed by atoms with Gasteiger partial charge >= 0.3 is 0 Å². The summed E-state index contributed by atoms with van der Waals surface area (Å²) in [5, 5.41) is 0. The molecule has 2 aromatic rings. The number of ether oxygens (including phenoxy) is 2. The first-order valence-corrected chi connectivity index (χ1v) is 11.4. The van der Waals surface area contributed by atoms with E-state index in [-0.39, 0.29) is 24.0 Å². The predicted molar refractivity (Wildman–Crippen MR) is 121 cm³/mol. The van der Waals surface area contributed by atoms with Crippen LogP contribution in [0.5, 0.6) is 5.75 Å². The number of hydrogen-bond donors (Lipinski definition) is 0. The Bertz CT molecular complexity index is 953. The second kappa shape index (κ2) is 9.30. The molecule has 2 aromatic carbocycles. The molecule has 7 heteroatoms. The molecule has 0 aromatic heterocycles. The normalized spacial score (nSPS) is 23.5. The molecule has 0 N–H and O–H groups in total. The van der Waals surface area contributed by atoms with Gasteiger partial charge in [-0.1, -0.05) is 42.5 Å². The van der Waals surface area contributed by atoms with Gasteiger partial charge in [-0.25, -0.2) is 0 Å². The van der Waals surface area contributed by atoms with Crippen molar-refractivity contribution >= 4 is 17.5 Å². The summed E-state index contributed by atoms with van der Waals surface area (Å²) in [7, 11) is 0. The SMILES string of the molecule is O=C([C@H]1CCCO1)N1CCN(CC(=O)N2c3ccccc3OC[C@H]2c2ccccc2)CC1. The van der Waals surface area contributed by atoms with Crippen molar-refractivity contribution in [2.24, 2.45) is 0 Å². The minimum absolute atomic E-state index is 0.0495. The van der Waals surface area contributed by atoms with Gasteiger partial charge < -0.3 is 14.4 Å². The fourth-order valence-electron chi connectivity index (χ4n) is 4.79. The Balaban J connectivity index is 1.27. The Morgan fingerprint density at radius 1 is 0.938 bits per heavy atom. The molecule has 3 heterocycles. The molecule has 3 aliphatic heterocycles. The van der Waals surface area contributed by atoms with Crippen molar-refractivity contribution in [3.8, 4) is 5.75 Å². The molecular weight excluding hydrogens is 406 g/mol. The highest BCUT2D eigenvalue weighted by molar-refractivity contribution is 5.97. The van der Waals surface area contributed by atoms with Crippen LogP contribution in [-0.2, 0) is 14.3 Å². The molecule has 3 aliphatic rings. The van der Waals surface area contributed by atoms with Crippen molar-refractivity contribution in [2.75, 3.05) is 50.8 Å². The molecule has 2 atom stereocenters. The molecule has 0 radical (unpaired) electrons. The van der Waals surface area contributed by atoms with Crippen LogP contribution in [0.3, 0.4) is 0 Å². The number of nitrogens with zero attached hydrogens (tertiary/aromatic N) is 3. The highest BCUT2D eigenvalue weighted by atomic mass is 16.5. The minimum atomic E-state index is -0.278. The Kier molecular flexibility index (Phi) is 6.10. The van der Waals surface area contributed by atoms with Crippen LogP contribution in [0.4, 0.5) is 5.69 Å². The molecule has 0 saturated carbocycles. The fourth-order valence-corrected chi connectivity index (χ4v) is 4.79. The average molecular weight is 436 g/mol. The van der Waals surface area contributed by atoms with Crippen molar-refractivity contribution in [1.29, 1.82) is 0 Å². The molecule has 2 saturated heterocycles. The van der Waals surface area contributed by atoms with Crippen LogP contribution in [-0.4, -0.2) is 73.7 Å². The van der Waals surface area contributed by atoms with Gasteiger partial charge in [-0.2, -0.15) is 0 Å². The minimum Gasteiger partial charge on any atom is -0.489 e. The van der Waals surface area contributed by atoms with E-state index in [0.29, 0.717) is 45.9 Å². The molecule has 0 bridgehead atoms. The standard InChI is InChI=1S/C25H29N3O4/c29-24(17-26-12-14-27(15-13-26)25(30)23-11-6-16-31-23)28-20-9-4-5-10-22(20)32-18-21(28)19-7-2-1-3-8-19/h1-5,7-10,21,23H,6,11-18H2/t21-,23+/m0/s1. The summed E-state index contributed by atoms with van der Waals surface area (Å²) in [5.74, 6) is 0.883. The van der Waals surface area contributed by atoms with E-state index in [1.165, 1.54) is 0 Å². The van der Waals surface area contributed by atoms with Gasteiger partial charge in [-0.15, -0.1) is 0 Å². The van der Waals surface area contributed by atoms with Crippen molar-refractivity contribution in [3.63, 3.8) is 0 Å². The molecule has 2 amide bonds. The smallest absolute Gasteiger partial charge is 0.251 e. The van der Waals surface area contributed by atoms with Crippen molar-refractivity contribution in [3.05, 3.63) is 60.2 Å². The first-order valence-electron chi connectivity index (χ1n) is 11.4. The quantitative estimate of drug-likeness (QED) is 0.739. The maximum Gasteiger partial charge on any atom is 0.251 e. The summed E-state index contributed by atoms with van der Waals surface area (Å²) in [6, 6.07) is 17.6. The molecule has 0 spiro atoms. The third-order valence-corrected chi connectivity index (χ3v) is 6.53. The van der Waals surface area contributed by atoms with Crippen molar-refractivity contribution in [1.82, 2.24) is 9.80 Å². The molecule has 5 rings (SSSR count). The number of rotatable bonds is 4. The van der Waals surface area contributed by atoms with Gasteiger partial charge in [0.15, 0.2) is 0 Å². The summed E-state index contributed by atoms with van der Waals surface area (Å²) in [5.41, 5.74) is 1.87. The van der Waals surface area contributed by atoms with Gasteiger partial charge in [-0.3, -0.25) is 19.4 Å². The third kappa shape index (κ3) is 4.23. The van der Waals surface area contributed by atoms with Gasteiger partial charge in [0, 0.05) is 32.8 Å². The highest BCUT2D eigenvalue weighted by Crippen LogP contribution is 2.39. The number of carbonyl (C=O) groups excluding carboxylic acids is 2. The van der Waals surface area contributed by atoms with Crippen LogP contribution in [0.25, 0.3) is 0 Å². The van der Waals surface area contributed by atoms with Crippen LogP contribution >= 0.6 is 0 Å². The lowest BCUT2D eigenvalue weighted by atomic mass is 10.0. The Hall–Kier alpha value is -2.90. The lowest BCUT2D eigenvalue weighted by Crippen LogP contribution is -2.54. The monoisotopic (exact) mass is 435 g/mol. The molecule has 0 unspecified atom stereocenters. The number of para-hydroxylation sites is 2. The second-order valence-corrected chi connectivity index (χ2v) is 8.57. The number of hydrogen-bond acceptors (Lipinski definition) is 5. The van der Waals surface area contributed by atoms with E-state index >= 15 is 0 Å². The largest absolute Gasteiger partial charge is 0.489 e. The van der Waals surface area contributed by atoms with Gasteiger partial charge in [0.2, 0.25) is 5.91 Å². The summed E-state index contributed by atoms with van der Waals surface area (Å²) < 4.78 is 11.5. The van der Waals surface area contributed by atoms with Crippen LogP contribution in [0.15, 0.2) is 54.6 Å². The van der Waals surface area contributed by atoms with Gasteiger partial charge in [0.05, 0.1) is 18.3 Å². The van der Waals surface area contributed by atoms with Crippen molar-refractivity contribution in [2.45, 2.75) is 25.0 Å². The molecule has 0 aliphatic carbocycles. The summed E-state index contributed by atoms with van der Waals surface area (Å²) >= 11 is 0. The number of benzene rings is 2. The summed E-state index contributed by atoms with van der Waals surface area (Å²) in [4.78, 5) is 32.1. The van der Waals surface area contributed by atoms with Crippen LogP contribution < -0.4 is 9.64 Å². The average Bonchev–Trinajstić information content (AvgIpc) is 3.39. The van der Waals surface area contributed by atoms with E-state index in [1.807, 2.05) is 64.4 Å². The first-order chi connectivity index (χ1) is 15.7. The molecular formula is C25H29N3O4. The fraction of sp³-hybridized carbons (Fsp3) is 0.440. The van der Waals surface area contributed by atoms with E-state index < -0.39 is 0 Å². The number of fused-ring (bicyclic) bond motifs is 1. The Morgan fingerprint density at radius 3 is 2.44 bits per heavy atom. The number of anilines is 1. The predicted octanol–water partition coefficient (Wildman–Crippen LogP) is 2.48. The van der Waals surface area contributed by atoms with E-state index in [1.54, 1.807) is 0 Å². The van der Waals surface area contributed by atoms with E-state index in [9.17, 15) is 9.59 Å². The number of amides is 2. The summed E-state index contributed by atoms with van der Waals surface area (Å²) in [6.07, 6.45) is 1.49.